The predicted molar refractivity (Wildman–Crippen MR) is 140 cm³/mol. The number of nitrogens with one attached hydrogen (secondary N) is 1. The van der Waals surface area contributed by atoms with Crippen LogP contribution in [-0.2, 0) is 13.1 Å². The Morgan fingerprint density at radius 3 is 2.76 bits per heavy atom. The molecule has 0 unspecified atom stereocenters. The van der Waals surface area contributed by atoms with E-state index in [0.29, 0.717) is 35.2 Å². The Balaban J connectivity index is 1.22. The van der Waals surface area contributed by atoms with Crippen LogP contribution in [0.2, 0.25) is 0 Å². The van der Waals surface area contributed by atoms with Gasteiger partial charge in [0.05, 0.1) is 48.0 Å². The van der Waals surface area contributed by atoms with Crippen molar-refractivity contribution in [3.63, 3.8) is 0 Å². The molecule has 5 heterocycles. The molecule has 2 amide bonds. The molecule has 4 aromatic heterocycles. The molecule has 37 heavy (non-hydrogen) atoms. The van der Waals surface area contributed by atoms with Crippen molar-refractivity contribution in [2.45, 2.75) is 20.0 Å². The molecule has 1 N–H and O–H groups in total. The van der Waals surface area contributed by atoms with Crippen molar-refractivity contribution in [2.75, 3.05) is 12.4 Å². The lowest BCUT2D eigenvalue weighted by atomic mass is 9.99. The second kappa shape index (κ2) is 9.14. The SMILES string of the molecule is COc1ccccc1-c1cc(C)ncc1C(=O)Nc1nc2c(s1)CN(C(=O)c1cccc3ccnn13)C2. The van der Waals surface area contributed by atoms with Crippen LogP contribution in [0.1, 0.15) is 37.1 Å². The van der Waals surface area contributed by atoms with Gasteiger partial charge in [-0.25, -0.2) is 9.50 Å². The molecule has 1 aliphatic rings. The van der Waals surface area contributed by atoms with Crippen LogP contribution < -0.4 is 10.1 Å². The maximum absolute atomic E-state index is 13.3. The Kier molecular flexibility index (Phi) is 5.65. The summed E-state index contributed by atoms with van der Waals surface area (Å²) in [5, 5.41) is 7.67. The number of hydrogen-bond donors (Lipinski definition) is 1. The van der Waals surface area contributed by atoms with E-state index >= 15 is 0 Å². The van der Waals surface area contributed by atoms with Crippen molar-refractivity contribution in [3.05, 3.63) is 94.5 Å². The molecule has 0 spiro atoms. The molecule has 0 saturated carbocycles. The Bertz CT molecular complexity index is 1650. The number of hydrogen-bond acceptors (Lipinski definition) is 7. The molecule has 6 rings (SSSR count). The number of nitrogens with zero attached hydrogens (tertiary/aromatic N) is 5. The summed E-state index contributed by atoms with van der Waals surface area (Å²) in [6.45, 7) is 2.68. The molecule has 10 heteroatoms. The standard InChI is InChI=1S/C27H22N6O3S/c1-16-12-19(18-7-3-4-9-23(18)36-2)20(13-28-16)25(34)31-27-30-21-14-32(15-24(21)37-27)26(35)22-8-5-6-17-10-11-29-33(17)22/h3-13H,14-15H2,1-2H3,(H,30,31,34). The fourth-order valence-electron chi connectivity index (χ4n) is 4.51. The second-order valence-corrected chi connectivity index (χ2v) is 9.74. The number of thiazole rings is 1. The summed E-state index contributed by atoms with van der Waals surface area (Å²) in [7, 11) is 1.60. The third-order valence-electron chi connectivity index (χ3n) is 6.28. The van der Waals surface area contributed by atoms with Crippen LogP contribution in [0.25, 0.3) is 16.6 Å². The average molecular weight is 511 g/mol. The first-order valence-electron chi connectivity index (χ1n) is 11.6. The van der Waals surface area contributed by atoms with Crippen molar-refractivity contribution in [3.8, 4) is 16.9 Å². The van der Waals surface area contributed by atoms with Gasteiger partial charge in [-0.15, -0.1) is 0 Å². The second-order valence-electron chi connectivity index (χ2n) is 8.65. The number of anilines is 1. The summed E-state index contributed by atoms with van der Waals surface area (Å²) in [5.74, 6) is 0.252. The lowest BCUT2D eigenvalue weighted by Gasteiger charge is -2.16. The average Bonchev–Trinajstić information content (AvgIpc) is 3.63. The van der Waals surface area contributed by atoms with Crippen molar-refractivity contribution in [1.29, 1.82) is 0 Å². The lowest BCUT2D eigenvalue weighted by Crippen LogP contribution is -2.27. The van der Waals surface area contributed by atoms with E-state index < -0.39 is 0 Å². The molecule has 1 aliphatic heterocycles. The van der Waals surface area contributed by atoms with Gasteiger partial charge in [-0.3, -0.25) is 19.9 Å². The highest BCUT2D eigenvalue weighted by atomic mass is 32.1. The molecular formula is C27H22N6O3S. The van der Waals surface area contributed by atoms with Crippen LogP contribution in [0.3, 0.4) is 0 Å². The summed E-state index contributed by atoms with van der Waals surface area (Å²) < 4.78 is 7.16. The van der Waals surface area contributed by atoms with Crippen LogP contribution in [-0.4, -0.2) is 43.4 Å². The van der Waals surface area contributed by atoms with Crippen molar-refractivity contribution >= 4 is 33.8 Å². The number of carbonyl (C=O) groups excluding carboxylic acids is 2. The van der Waals surface area contributed by atoms with Crippen LogP contribution in [0.4, 0.5) is 5.13 Å². The fraction of sp³-hybridized carbons (Fsp3) is 0.148. The van der Waals surface area contributed by atoms with E-state index in [1.165, 1.54) is 11.3 Å². The zero-order valence-corrected chi connectivity index (χ0v) is 21.0. The van der Waals surface area contributed by atoms with E-state index in [2.05, 4.69) is 20.4 Å². The molecule has 0 saturated heterocycles. The molecular weight excluding hydrogens is 488 g/mol. The van der Waals surface area contributed by atoms with Crippen LogP contribution in [0.5, 0.6) is 5.75 Å². The number of pyridine rings is 2. The van der Waals surface area contributed by atoms with Gasteiger partial charge in [0, 0.05) is 23.0 Å². The number of amides is 2. The predicted octanol–water partition coefficient (Wildman–Crippen LogP) is 4.58. The van der Waals surface area contributed by atoms with E-state index in [9.17, 15) is 9.59 Å². The fourth-order valence-corrected chi connectivity index (χ4v) is 5.49. The van der Waals surface area contributed by atoms with Gasteiger partial charge in [0.15, 0.2) is 5.13 Å². The maximum atomic E-state index is 13.3. The first kappa shape index (κ1) is 22.9. The topological polar surface area (TPSA) is 102 Å². The Morgan fingerprint density at radius 1 is 1.05 bits per heavy atom. The van der Waals surface area contributed by atoms with Gasteiger partial charge in [-0.05, 0) is 37.3 Å². The number of carbonyl (C=O) groups is 2. The summed E-state index contributed by atoms with van der Waals surface area (Å²) in [6.07, 6.45) is 3.25. The molecule has 0 fully saturated rings. The number of aryl methyl sites for hydroxylation is 1. The van der Waals surface area contributed by atoms with Gasteiger partial charge in [0.25, 0.3) is 11.8 Å². The van der Waals surface area contributed by atoms with E-state index in [1.807, 2.05) is 55.5 Å². The highest BCUT2D eigenvalue weighted by molar-refractivity contribution is 7.16. The Hall–Kier alpha value is -4.57. The number of methoxy groups -OCH3 is 1. The molecule has 5 aromatic rings. The zero-order valence-electron chi connectivity index (χ0n) is 20.1. The number of ether oxygens (including phenoxy) is 1. The third kappa shape index (κ3) is 4.11. The van der Waals surface area contributed by atoms with Crippen LogP contribution in [0, 0.1) is 6.92 Å². The third-order valence-corrected chi connectivity index (χ3v) is 7.28. The van der Waals surface area contributed by atoms with Crippen molar-refractivity contribution in [2.24, 2.45) is 0 Å². The summed E-state index contributed by atoms with van der Waals surface area (Å²) in [4.78, 5) is 38.1. The van der Waals surface area contributed by atoms with Crippen LogP contribution in [0.15, 0.2) is 67.0 Å². The van der Waals surface area contributed by atoms with Crippen molar-refractivity contribution in [1.82, 2.24) is 24.5 Å². The minimum absolute atomic E-state index is 0.114. The number of rotatable bonds is 5. The summed E-state index contributed by atoms with van der Waals surface area (Å²) in [5.41, 5.74) is 4.91. The Morgan fingerprint density at radius 2 is 1.92 bits per heavy atom. The molecule has 0 radical (unpaired) electrons. The summed E-state index contributed by atoms with van der Waals surface area (Å²) >= 11 is 1.37. The van der Waals surface area contributed by atoms with E-state index in [0.717, 1.165) is 32.9 Å². The van der Waals surface area contributed by atoms with Crippen LogP contribution >= 0.6 is 11.3 Å². The van der Waals surface area contributed by atoms with Gasteiger partial charge in [-0.1, -0.05) is 35.6 Å². The van der Waals surface area contributed by atoms with Gasteiger partial charge in [0.2, 0.25) is 0 Å². The van der Waals surface area contributed by atoms with Gasteiger partial charge >= 0.3 is 0 Å². The number of benzene rings is 1. The number of aromatic nitrogens is 4. The smallest absolute Gasteiger partial charge is 0.273 e. The minimum atomic E-state index is -0.306. The van der Waals surface area contributed by atoms with Crippen molar-refractivity contribution < 1.29 is 14.3 Å². The molecule has 184 valence electrons. The molecule has 1 aromatic carbocycles. The minimum Gasteiger partial charge on any atom is -0.496 e. The molecule has 0 aliphatic carbocycles. The quantitative estimate of drug-likeness (QED) is 0.371. The van der Waals surface area contributed by atoms with E-state index in [1.54, 1.807) is 35.0 Å². The molecule has 0 bridgehead atoms. The monoisotopic (exact) mass is 510 g/mol. The number of para-hydroxylation sites is 1. The normalized spacial score (nSPS) is 12.5. The Labute approximate surface area is 216 Å². The highest BCUT2D eigenvalue weighted by Gasteiger charge is 2.30. The zero-order chi connectivity index (χ0) is 25.5. The molecule has 9 nitrogen and oxygen atoms in total. The van der Waals surface area contributed by atoms with E-state index in [-0.39, 0.29) is 11.8 Å². The summed E-state index contributed by atoms with van der Waals surface area (Å²) in [6, 6.07) is 16.8. The highest BCUT2D eigenvalue weighted by Crippen LogP contribution is 2.35. The van der Waals surface area contributed by atoms with Gasteiger partial charge in [0.1, 0.15) is 11.4 Å². The van der Waals surface area contributed by atoms with E-state index in [4.69, 9.17) is 4.74 Å². The largest absolute Gasteiger partial charge is 0.496 e. The number of fused-ring (bicyclic) bond motifs is 2. The van der Waals surface area contributed by atoms with Gasteiger partial charge < -0.3 is 9.64 Å². The lowest BCUT2D eigenvalue weighted by molar-refractivity contribution is 0.0742. The van der Waals surface area contributed by atoms with Gasteiger partial charge in [-0.2, -0.15) is 5.10 Å². The first-order valence-corrected chi connectivity index (χ1v) is 12.5. The maximum Gasteiger partial charge on any atom is 0.273 e. The molecule has 0 atom stereocenters. The first-order chi connectivity index (χ1) is 18.0.